The molecule has 2 rings (SSSR count). The Labute approximate surface area is 148 Å². The highest BCUT2D eigenvalue weighted by molar-refractivity contribution is 5.83. The molecule has 1 heterocycles. The van der Waals surface area contributed by atoms with Gasteiger partial charge < -0.3 is 9.15 Å². The summed E-state index contributed by atoms with van der Waals surface area (Å²) in [6.45, 7) is 6.27. The maximum absolute atomic E-state index is 14.6. The molecule has 0 N–H and O–H groups in total. The first-order valence-electron chi connectivity index (χ1n) is 9.16. The monoisotopic (exact) mass is 346 g/mol. The topological polar surface area (TPSA) is 39.4 Å². The molecule has 0 amide bonds. The fourth-order valence-electron chi connectivity index (χ4n) is 2.87. The number of halogens is 1. The van der Waals surface area contributed by atoms with Gasteiger partial charge in [-0.2, -0.15) is 0 Å². The van der Waals surface area contributed by atoms with Gasteiger partial charge in [-0.05, 0) is 23.9 Å². The van der Waals surface area contributed by atoms with Crippen LogP contribution in [0.5, 0.6) is 5.75 Å². The second-order valence-electron chi connectivity index (χ2n) is 6.30. The average Bonchev–Trinajstić information content (AvgIpc) is 2.59. The molecule has 136 valence electrons. The van der Waals surface area contributed by atoms with Gasteiger partial charge >= 0.3 is 5.63 Å². The summed E-state index contributed by atoms with van der Waals surface area (Å²) in [6, 6.07) is 4.94. The van der Waals surface area contributed by atoms with Crippen molar-refractivity contribution in [3.8, 4) is 5.75 Å². The van der Waals surface area contributed by atoms with E-state index in [4.69, 9.17) is 9.15 Å². The quantitative estimate of drug-likeness (QED) is 0.382. The molecule has 0 spiro atoms. The summed E-state index contributed by atoms with van der Waals surface area (Å²) in [5, 5.41) is 0.471. The first kappa shape index (κ1) is 19.2. The van der Waals surface area contributed by atoms with Gasteiger partial charge in [-0.1, -0.05) is 57.6 Å². The number of allylic oxidation sites excluding steroid dienone is 1. The third-order valence-corrected chi connectivity index (χ3v) is 4.23. The molecule has 1 aromatic heterocycles. The van der Waals surface area contributed by atoms with Crippen LogP contribution in [0.15, 0.2) is 40.1 Å². The molecule has 1 aromatic carbocycles. The summed E-state index contributed by atoms with van der Waals surface area (Å²) in [4.78, 5) is 12.1. The zero-order valence-corrected chi connectivity index (χ0v) is 15.0. The van der Waals surface area contributed by atoms with Crippen LogP contribution in [-0.2, 0) is 6.42 Å². The minimum atomic E-state index is -0.673. The summed E-state index contributed by atoms with van der Waals surface area (Å²) < 4.78 is 25.2. The molecular weight excluding hydrogens is 319 g/mol. The molecule has 25 heavy (non-hydrogen) atoms. The van der Waals surface area contributed by atoms with Crippen LogP contribution in [0.3, 0.4) is 0 Å². The van der Waals surface area contributed by atoms with E-state index in [0.29, 0.717) is 24.2 Å². The third kappa shape index (κ3) is 5.45. The van der Waals surface area contributed by atoms with E-state index in [-0.39, 0.29) is 11.1 Å². The molecule has 0 unspecified atom stereocenters. The van der Waals surface area contributed by atoms with Crippen molar-refractivity contribution < 1.29 is 13.5 Å². The van der Waals surface area contributed by atoms with Crippen LogP contribution in [0.2, 0.25) is 0 Å². The second-order valence-corrected chi connectivity index (χ2v) is 6.30. The smallest absolute Gasteiger partial charge is 0.346 e. The van der Waals surface area contributed by atoms with Crippen LogP contribution in [0.1, 0.15) is 57.6 Å². The summed E-state index contributed by atoms with van der Waals surface area (Å²) in [5.41, 5.74) is -0.673. The molecule has 2 aromatic rings. The molecule has 0 aliphatic rings. The van der Waals surface area contributed by atoms with Gasteiger partial charge in [0, 0.05) is 6.42 Å². The van der Waals surface area contributed by atoms with Crippen molar-refractivity contribution in [2.24, 2.45) is 0 Å². The molecular formula is C21H27FO3. The molecule has 4 heteroatoms. The van der Waals surface area contributed by atoms with Crippen LogP contribution < -0.4 is 10.4 Å². The number of hydrogen-bond donors (Lipinski definition) is 0. The highest BCUT2D eigenvalue weighted by Crippen LogP contribution is 2.25. The SMILES string of the molecule is C=CCc1cc2ccc(OCCCCCCCCC)c(F)c2c(=O)o1. The lowest BCUT2D eigenvalue weighted by Gasteiger charge is -2.09. The van der Waals surface area contributed by atoms with E-state index in [2.05, 4.69) is 13.5 Å². The Kier molecular flexibility index (Phi) is 7.71. The van der Waals surface area contributed by atoms with E-state index in [0.717, 1.165) is 12.8 Å². The lowest BCUT2D eigenvalue weighted by atomic mass is 10.1. The molecule has 0 aliphatic heterocycles. The predicted octanol–water partition coefficient (Wildman–Crippen LogP) is 5.79. The summed E-state index contributed by atoms with van der Waals surface area (Å²) in [5.74, 6) is -0.0507. The first-order chi connectivity index (χ1) is 12.2. The zero-order valence-electron chi connectivity index (χ0n) is 15.0. The molecule has 0 saturated carbocycles. The number of hydrogen-bond acceptors (Lipinski definition) is 3. The minimum Gasteiger partial charge on any atom is -0.490 e. The lowest BCUT2D eigenvalue weighted by molar-refractivity contribution is 0.291. The van der Waals surface area contributed by atoms with E-state index < -0.39 is 11.4 Å². The van der Waals surface area contributed by atoms with Gasteiger partial charge in [-0.3, -0.25) is 0 Å². The van der Waals surface area contributed by atoms with Crippen molar-refractivity contribution >= 4 is 10.8 Å². The summed E-state index contributed by atoms with van der Waals surface area (Å²) in [6.07, 6.45) is 10.3. The summed E-state index contributed by atoms with van der Waals surface area (Å²) >= 11 is 0. The van der Waals surface area contributed by atoms with Crippen molar-refractivity contribution in [3.05, 3.63) is 52.9 Å². The molecule has 3 nitrogen and oxygen atoms in total. The number of fused-ring (bicyclic) bond motifs is 1. The van der Waals surface area contributed by atoms with Crippen LogP contribution in [0, 0.1) is 5.82 Å². The Morgan fingerprint density at radius 3 is 2.60 bits per heavy atom. The molecule has 0 aliphatic carbocycles. The zero-order chi connectivity index (χ0) is 18.1. The maximum Gasteiger partial charge on any atom is 0.346 e. The van der Waals surface area contributed by atoms with Crippen molar-refractivity contribution in [2.75, 3.05) is 6.61 Å². The molecule has 0 atom stereocenters. The van der Waals surface area contributed by atoms with Crippen molar-refractivity contribution in [3.63, 3.8) is 0 Å². The fourth-order valence-corrected chi connectivity index (χ4v) is 2.87. The maximum atomic E-state index is 14.6. The molecule has 0 saturated heterocycles. The van der Waals surface area contributed by atoms with Crippen LogP contribution in [-0.4, -0.2) is 6.61 Å². The van der Waals surface area contributed by atoms with Crippen LogP contribution >= 0.6 is 0 Å². The van der Waals surface area contributed by atoms with Crippen LogP contribution in [0.4, 0.5) is 4.39 Å². The second kappa shape index (κ2) is 10.0. The Balaban J connectivity index is 1.95. The normalized spacial score (nSPS) is 11.0. The largest absolute Gasteiger partial charge is 0.490 e. The summed E-state index contributed by atoms with van der Waals surface area (Å²) in [7, 11) is 0. The molecule has 0 fully saturated rings. The van der Waals surface area contributed by atoms with E-state index in [9.17, 15) is 9.18 Å². The number of ether oxygens (including phenoxy) is 1. The Hall–Kier alpha value is -2.10. The van der Waals surface area contributed by atoms with Crippen molar-refractivity contribution in [1.82, 2.24) is 0 Å². The minimum absolute atomic E-state index is 0.0510. The van der Waals surface area contributed by atoms with Gasteiger partial charge in [0.15, 0.2) is 11.6 Å². The standard InChI is InChI=1S/C21H27FO3/c1-3-5-6-7-8-9-10-14-24-18-13-12-16-15-17(11-4-2)25-21(23)19(16)20(18)22/h4,12-13,15H,2-3,5-11,14H2,1H3. The number of benzene rings is 1. The highest BCUT2D eigenvalue weighted by Gasteiger charge is 2.14. The number of unbranched alkanes of at least 4 members (excludes halogenated alkanes) is 6. The van der Waals surface area contributed by atoms with E-state index in [1.54, 1.807) is 24.3 Å². The lowest BCUT2D eigenvalue weighted by Crippen LogP contribution is -2.06. The molecule has 0 bridgehead atoms. The van der Waals surface area contributed by atoms with Gasteiger partial charge in [0.1, 0.15) is 11.1 Å². The third-order valence-electron chi connectivity index (χ3n) is 4.23. The Morgan fingerprint density at radius 1 is 1.16 bits per heavy atom. The van der Waals surface area contributed by atoms with Gasteiger partial charge in [0.05, 0.1) is 6.61 Å². The number of rotatable bonds is 11. The van der Waals surface area contributed by atoms with Gasteiger partial charge in [-0.15, -0.1) is 6.58 Å². The van der Waals surface area contributed by atoms with Gasteiger partial charge in [0.2, 0.25) is 0 Å². The van der Waals surface area contributed by atoms with Crippen molar-refractivity contribution in [1.29, 1.82) is 0 Å². The predicted molar refractivity (Wildman–Crippen MR) is 99.8 cm³/mol. The van der Waals surface area contributed by atoms with E-state index in [1.807, 2.05) is 0 Å². The Morgan fingerprint density at radius 2 is 1.88 bits per heavy atom. The van der Waals surface area contributed by atoms with Crippen molar-refractivity contribution in [2.45, 2.75) is 58.3 Å². The van der Waals surface area contributed by atoms with Crippen LogP contribution in [0.25, 0.3) is 10.8 Å². The first-order valence-corrected chi connectivity index (χ1v) is 9.16. The fraction of sp³-hybridized carbons (Fsp3) is 0.476. The van der Waals surface area contributed by atoms with Gasteiger partial charge in [-0.25, -0.2) is 9.18 Å². The van der Waals surface area contributed by atoms with Gasteiger partial charge in [0.25, 0.3) is 0 Å². The molecule has 0 radical (unpaired) electrons. The van der Waals surface area contributed by atoms with E-state index in [1.165, 1.54) is 32.1 Å². The highest BCUT2D eigenvalue weighted by atomic mass is 19.1. The Bertz CT molecular complexity index is 749. The average molecular weight is 346 g/mol. The van der Waals surface area contributed by atoms with E-state index >= 15 is 0 Å².